The van der Waals surface area contributed by atoms with Crippen LogP contribution in [0.2, 0.25) is 0 Å². The lowest BCUT2D eigenvalue weighted by molar-refractivity contribution is -0.192. The Morgan fingerprint density at radius 2 is 1.59 bits per heavy atom. The van der Waals surface area contributed by atoms with Crippen LogP contribution >= 0.6 is 0 Å². The number of carbonyl (C=O) groups is 3. The summed E-state index contributed by atoms with van der Waals surface area (Å²) in [6, 6.07) is 0. The van der Waals surface area contributed by atoms with Crippen molar-refractivity contribution in [3.8, 4) is 0 Å². The molecule has 0 aliphatic heterocycles. The molecule has 0 radical (unpaired) electrons. The molecule has 0 aromatic carbocycles. The Hall–Kier alpha value is -2.01. The Kier molecular flexibility index (Phi) is 8.94. The molecule has 0 aromatic rings. The second-order valence-electron chi connectivity index (χ2n) is 4.88. The van der Waals surface area contributed by atoms with Crippen molar-refractivity contribution in [1.29, 1.82) is 0 Å². The molecule has 1 unspecified atom stereocenters. The number of ether oxygens (including phenoxy) is 2. The maximum absolute atomic E-state index is 12.2. The Labute approximate surface area is 129 Å². The van der Waals surface area contributed by atoms with E-state index in [1.807, 2.05) is 6.92 Å². The van der Waals surface area contributed by atoms with Crippen molar-refractivity contribution in [2.75, 3.05) is 13.2 Å². The molecule has 7 heteroatoms. The minimum Gasteiger partial charge on any atom is -0.465 e. The van der Waals surface area contributed by atoms with E-state index >= 15 is 0 Å². The van der Waals surface area contributed by atoms with Crippen molar-refractivity contribution < 1.29 is 33.4 Å². The van der Waals surface area contributed by atoms with Gasteiger partial charge in [-0.1, -0.05) is 6.92 Å². The maximum Gasteiger partial charge on any atom is 0.373 e. The molecule has 0 bridgehead atoms. The third-order valence-electron chi connectivity index (χ3n) is 3.67. The fourth-order valence-corrected chi connectivity index (χ4v) is 2.54. The van der Waals surface area contributed by atoms with Crippen molar-refractivity contribution in [2.24, 2.45) is 11.3 Å². The molecule has 1 atom stereocenters. The van der Waals surface area contributed by atoms with Gasteiger partial charge in [-0.2, -0.15) is 9.59 Å². The number of ketones is 1. The first-order valence-electron chi connectivity index (χ1n) is 7.29. The van der Waals surface area contributed by atoms with Gasteiger partial charge < -0.3 is 9.47 Å². The van der Waals surface area contributed by atoms with Gasteiger partial charge in [0.25, 0.3) is 0 Å². The minimum absolute atomic E-state index is 0.117. The molecule has 1 fully saturated rings. The second kappa shape index (κ2) is 9.84. The van der Waals surface area contributed by atoms with Crippen molar-refractivity contribution in [3.63, 3.8) is 0 Å². The highest BCUT2D eigenvalue weighted by molar-refractivity contribution is 6.02. The first-order chi connectivity index (χ1) is 10.4. The maximum atomic E-state index is 12.2. The summed E-state index contributed by atoms with van der Waals surface area (Å²) < 4.78 is 10.1. The summed E-state index contributed by atoms with van der Waals surface area (Å²) in [5.41, 5.74) is -1.29. The van der Waals surface area contributed by atoms with Gasteiger partial charge in [0, 0.05) is 12.3 Å². The molecular formula is C15H22O7. The average molecular weight is 314 g/mol. The van der Waals surface area contributed by atoms with Gasteiger partial charge in [-0.15, -0.1) is 0 Å². The van der Waals surface area contributed by atoms with Crippen LogP contribution in [0.1, 0.15) is 46.5 Å². The van der Waals surface area contributed by atoms with E-state index in [1.54, 1.807) is 13.8 Å². The molecule has 0 aromatic heterocycles. The minimum atomic E-state index is -1.29. The zero-order valence-electron chi connectivity index (χ0n) is 13.2. The lowest BCUT2D eigenvalue weighted by atomic mass is 9.68. The first-order valence-corrected chi connectivity index (χ1v) is 7.29. The van der Waals surface area contributed by atoms with Gasteiger partial charge in [-0.3, -0.25) is 14.4 Å². The Bertz CT molecular complexity index is 417. The summed E-state index contributed by atoms with van der Waals surface area (Å²) in [5.74, 6) is -1.26. The highest BCUT2D eigenvalue weighted by Gasteiger charge is 2.53. The molecule has 7 nitrogen and oxygen atoms in total. The van der Waals surface area contributed by atoms with Crippen molar-refractivity contribution in [1.82, 2.24) is 0 Å². The molecule has 0 N–H and O–H groups in total. The van der Waals surface area contributed by atoms with Crippen molar-refractivity contribution in [2.45, 2.75) is 46.5 Å². The van der Waals surface area contributed by atoms with Gasteiger partial charge >= 0.3 is 18.1 Å². The summed E-state index contributed by atoms with van der Waals surface area (Å²) in [6.45, 7) is 5.70. The smallest absolute Gasteiger partial charge is 0.373 e. The van der Waals surface area contributed by atoms with Gasteiger partial charge in [0.05, 0.1) is 13.2 Å². The predicted molar refractivity (Wildman–Crippen MR) is 73.3 cm³/mol. The van der Waals surface area contributed by atoms with Crippen LogP contribution in [0.5, 0.6) is 0 Å². The van der Waals surface area contributed by atoms with Gasteiger partial charge in [0.1, 0.15) is 5.78 Å². The fourth-order valence-electron chi connectivity index (χ4n) is 2.54. The fraction of sp³-hybridized carbons (Fsp3) is 0.733. The summed E-state index contributed by atoms with van der Waals surface area (Å²) in [6.07, 6.45) is 1.51. The van der Waals surface area contributed by atoms with Gasteiger partial charge in [0.15, 0.2) is 5.41 Å². The zero-order valence-corrected chi connectivity index (χ0v) is 13.2. The van der Waals surface area contributed by atoms with Crippen LogP contribution in [0.25, 0.3) is 0 Å². The molecule has 1 aliphatic carbocycles. The predicted octanol–water partition coefficient (Wildman–Crippen LogP) is 1.29. The molecule has 124 valence electrons. The third kappa shape index (κ3) is 4.77. The summed E-state index contributed by atoms with van der Waals surface area (Å²) in [4.78, 5) is 52.4. The second-order valence-corrected chi connectivity index (χ2v) is 4.88. The molecular weight excluding hydrogens is 292 g/mol. The highest BCUT2D eigenvalue weighted by Crippen LogP contribution is 2.41. The molecule has 0 amide bonds. The monoisotopic (exact) mass is 314 g/mol. The first kappa shape index (κ1) is 20.0. The highest BCUT2D eigenvalue weighted by atomic mass is 16.6. The summed E-state index contributed by atoms with van der Waals surface area (Å²) in [7, 11) is 0. The molecule has 0 heterocycles. The molecule has 1 aliphatic rings. The summed E-state index contributed by atoms with van der Waals surface area (Å²) >= 11 is 0. The zero-order chi connectivity index (χ0) is 17.2. The Morgan fingerprint density at radius 3 is 1.95 bits per heavy atom. The molecule has 0 saturated heterocycles. The lowest BCUT2D eigenvalue weighted by Crippen LogP contribution is -2.47. The number of Topliss-reactive ketones (excluding diaryl/α,β-unsaturated/α-hetero) is 1. The van der Waals surface area contributed by atoms with Gasteiger partial charge in [-0.25, -0.2) is 0 Å². The normalized spacial score (nSPS) is 19.2. The third-order valence-corrected chi connectivity index (χ3v) is 3.67. The molecule has 0 spiro atoms. The Morgan fingerprint density at radius 1 is 1.14 bits per heavy atom. The number of esters is 2. The Balaban J connectivity index is 0.00000135. The number of carbonyl (C=O) groups excluding carboxylic acids is 5. The number of hydrogen-bond acceptors (Lipinski definition) is 7. The van der Waals surface area contributed by atoms with Gasteiger partial charge in [0.2, 0.25) is 0 Å². The molecule has 22 heavy (non-hydrogen) atoms. The molecule has 1 rings (SSSR count). The van der Waals surface area contributed by atoms with E-state index in [4.69, 9.17) is 19.1 Å². The van der Waals surface area contributed by atoms with E-state index in [1.165, 1.54) is 0 Å². The largest absolute Gasteiger partial charge is 0.465 e. The molecule has 1 saturated carbocycles. The van der Waals surface area contributed by atoms with Crippen molar-refractivity contribution >= 4 is 23.9 Å². The van der Waals surface area contributed by atoms with Crippen LogP contribution in [0.15, 0.2) is 0 Å². The lowest BCUT2D eigenvalue weighted by Gasteiger charge is -2.35. The van der Waals surface area contributed by atoms with Crippen LogP contribution in [-0.4, -0.2) is 37.1 Å². The van der Waals surface area contributed by atoms with E-state index in [9.17, 15) is 14.4 Å². The van der Waals surface area contributed by atoms with Crippen LogP contribution in [0.4, 0.5) is 0 Å². The van der Waals surface area contributed by atoms with Crippen LogP contribution < -0.4 is 0 Å². The summed E-state index contributed by atoms with van der Waals surface area (Å²) in [5, 5.41) is 0. The van der Waals surface area contributed by atoms with E-state index in [0.29, 0.717) is 6.42 Å². The van der Waals surface area contributed by atoms with Crippen molar-refractivity contribution in [3.05, 3.63) is 0 Å². The van der Waals surface area contributed by atoms with Gasteiger partial charge in [-0.05, 0) is 33.1 Å². The van der Waals surface area contributed by atoms with Crippen LogP contribution in [0, 0.1) is 11.3 Å². The van der Waals surface area contributed by atoms with Crippen LogP contribution in [-0.2, 0) is 33.4 Å². The number of rotatable bonds is 5. The number of hydrogen-bond donors (Lipinski definition) is 0. The topological polar surface area (TPSA) is 104 Å². The quantitative estimate of drug-likeness (QED) is 0.556. The standard InChI is InChI=1S/C14H22O5.CO2/c1-4-10-9-14(8-7-11(10)15,12(16)18-5-2)13(17)19-6-3;2-1-3/h10H,4-9H2,1-3H3;. The van der Waals surface area contributed by atoms with E-state index in [2.05, 4.69) is 0 Å². The van der Waals surface area contributed by atoms with E-state index in [0.717, 1.165) is 0 Å². The van der Waals surface area contributed by atoms with E-state index in [-0.39, 0.29) is 50.3 Å². The van der Waals surface area contributed by atoms with Crippen LogP contribution in [0.3, 0.4) is 0 Å². The SMILES string of the molecule is CCOC(=O)C1(C(=O)OCC)CCC(=O)C(CC)C1.O=C=O. The average Bonchev–Trinajstić information content (AvgIpc) is 2.49. The van der Waals surface area contributed by atoms with E-state index < -0.39 is 17.4 Å².